The topological polar surface area (TPSA) is 83.8 Å². The summed E-state index contributed by atoms with van der Waals surface area (Å²) < 4.78 is 0. The van der Waals surface area contributed by atoms with Crippen LogP contribution in [0.1, 0.15) is 31.9 Å². The van der Waals surface area contributed by atoms with E-state index >= 15 is 0 Å². The molecule has 156 valence electrons. The van der Waals surface area contributed by atoms with Crippen LogP contribution in [0.15, 0.2) is 60.3 Å². The van der Waals surface area contributed by atoms with Gasteiger partial charge in [0, 0.05) is 31.8 Å². The van der Waals surface area contributed by atoms with Gasteiger partial charge >= 0.3 is 0 Å². The third-order valence-corrected chi connectivity index (χ3v) is 4.97. The van der Waals surface area contributed by atoms with E-state index in [1.807, 2.05) is 56.0 Å². The van der Waals surface area contributed by atoms with Gasteiger partial charge in [0.25, 0.3) is 17.5 Å². The fourth-order valence-corrected chi connectivity index (χ4v) is 3.55. The lowest BCUT2D eigenvalue weighted by molar-refractivity contribution is -0.384. The van der Waals surface area contributed by atoms with Crippen molar-refractivity contribution in [1.29, 1.82) is 0 Å². The van der Waals surface area contributed by atoms with Crippen molar-refractivity contribution in [2.75, 3.05) is 13.1 Å². The molecule has 0 unspecified atom stereocenters. The first kappa shape index (κ1) is 21.2. The molecule has 0 radical (unpaired) electrons. The van der Waals surface area contributed by atoms with Gasteiger partial charge < -0.3 is 4.90 Å². The SMILES string of the molecule is CCN(Cc1ccccc1)C1=C(c2ccc([N+](=O)[O-])cc2)C(=O)N(CC(C)C)C1=O. The van der Waals surface area contributed by atoms with E-state index in [9.17, 15) is 19.7 Å². The fourth-order valence-electron chi connectivity index (χ4n) is 3.55. The van der Waals surface area contributed by atoms with E-state index in [0.717, 1.165) is 5.56 Å². The van der Waals surface area contributed by atoms with E-state index < -0.39 is 4.92 Å². The van der Waals surface area contributed by atoms with Gasteiger partial charge in [-0.3, -0.25) is 24.6 Å². The maximum Gasteiger partial charge on any atom is 0.277 e. The number of hydrogen-bond donors (Lipinski definition) is 0. The molecule has 1 aliphatic heterocycles. The van der Waals surface area contributed by atoms with Crippen molar-refractivity contribution in [2.45, 2.75) is 27.3 Å². The van der Waals surface area contributed by atoms with E-state index in [0.29, 0.717) is 36.5 Å². The molecule has 30 heavy (non-hydrogen) atoms. The van der Waals surface area contributed by atoms with Gasteiger partial charge in [-0.15, -0.1) is 0 Å². The van der Waals surface area contributed by atoms with Crippen LogP contribution in [0.5, 0.6) is 0 Å². The van der Waals surface area contributed by atoms with Gasteiger partial charge in [0.15, 0.2) is 0 Å². The molecule has 0 bridgehead atoms. The standard InChI is InChI=1S/C23H25N3O4/c1-4-24(15-17-8-6-5-7-9-17)21-20(18-10-12-19(13-11-18)26(29)30)22(27)25(23(21)28)14-16(2)3/h5-13,16H,4,14-15H2,1-3H3. The summed E-state index contributed by atoms with van der Waals surface area (Å²) in [5.74, 6) is -0.552. The summed E-state index contributed by atoms with van der Waals surface area (Å²) in [5, 5.41) is 11.0. The zero-order valence-electron chi connectivity index (χ0n) is 17.4. The minimum Gasteiger partial charge on any atom is -0.362 e. The quantitative estimate of drug-likeness (QED) is 0.377. The van der Waals surface area contributed by atoms with Gasteiger partial charge in [0.1, 0.15) is 5.70 Å². The zero-order valence-corrected chi connectivity index (χ0v) is 17.4. The molecule has 0 spiro atoms. The Kier molecular flexibility index (Phi) is 6.30. The van der Waals surface area contributed by atoms with Crippen LogP contribution in [0.4, 0.5) is 5.69 Å². The summed E-state index contributed by atoms with van der Waals surface area (Å²) in [4.78, 5) is 40.2. The third-order valence-electron chi connectivity index (χ3n) is 4.97. The predicted octanol–water partition coefficient (Wildman–Crippen LogP) is 3.85. The minimum atomic E-state index is -0.487. The van der Waals surface area contributed by atoms with Crippen molar-refractivity contribution < 1.29 is 14.5 Å². The number of imide groups is 1. The highest BCUT2D eigenvalue weighted by atomic mass is 16.6. The molecule has 3 rings (SSSR count). The molecule has 0 aromatic heterocycles. The van der Waals surface area contributed by atoms with Crippen molar-refractivity contribution >= 4 is 23.1 Å². The molecule has 0 saturated heterocycles. The number of hydrogen-bond acceptors (Lipinski definition) is 5. The Morgan fingerprint density at radius 2 is 1.63 bits per heavy atom. The van der Waals surface area contributed by atoms with Gasteiger partial charge in [0.2, 0.25) is 0 Å². The summed E-state index contributed by atoms with van der Waals surface area (Å²) in [6, 6.07) is 15.5. The van der Waals surface area contributed by atoms with Gasteiger partial charge in [-0.2, -0.15) is 0 Å². The van der Waals surface area contributed by atoms with Crippen molar-refractivity contribution in [2.24, 2.45) is 5.92 Å². The number of likely N-dealkylation sites (N-methyl/N-ethyl adjacent to an activating group) is 1. The van der Waals surface area contributed by atoms with Crippen LogP contribution in [0.3, 0.4) is 0 Å². The highest BCUT2D eigenvalue weighted by Gasteiger charge is 2.41. The van der Waals surface area contributed by atoms with Crippen LogP contribution in [-0.2, 0) is 16.1 Å². The lowest BCUT2D eigenvalue weighted by atomic mass is 10.0. The first-order valence-corrected chi connectivity index (χ1v) is 9.97. The first-order chi connectivity index (χ1) is 14.3. The zero-order chi connectivity index (χ0) is 21.8. The average Bonchev–Trinajstić information content (AvgIpc) is 2.97. The van der Waals surface area contributed by atoms with Crippen LogP contribution in [0, 0.1) is 16.0 Å². The van der Waals surface area contributed by atoms with Gasteiger partial charge in [-0.25, -0.2) is 0 Å². The lowest BCUT2D eigenvalue weighted by Crippen LogP contribution is -2.37. The maximum atomic E-state index is 13.3. The number of nitro groups is 1. The summed E-state index contributed by atoms with van der Waals surface area (Å²) in [6.45, 7) is 7.18. The number of non-ortho nitro benzene ring substituents is 1. The molecule has 0 saturated carbocycles. The molecule has 2 aromatic carbocycles. The Labute approximate surface area is 175 Å². The van der Waals surface area contributed by atoms with Gasteiger partial charge in [0.05, 0.1) is 10.5 Å². The molecular weight excluding hydrogens is 382 g/mol. The highest BCUT2D eigenvalue weighted by molar-refractivity contribution is 6.35. The molecule has 7 heteroatoms. The van der Waals surface area contributed by atoms with Crippen molar-refractivity contribution in [3.63, 3.8) is 0 Å². The van der Waals surface area contributed by atoms with E-state index in [4.69, 9.17) is 0 Å². The predicted molar refractivity (Wildman–Crippen MR) is 114 cm³/mol. The second-order valence-electron chi connectivity index (χ2n) is 7.64. The molecule has 2 aromatic rings. The summed E-state index contributed by atoms with van der Waals surface area (Å²) in [6.07, 6.45) is 0. The van der Waals surface area contributed by atoms with E-state index in [2.05, 4.69) is 0 Å². The van der Waals surface area contributed by atoms with Crippen molar-refractivity contribution in [1.82, 2.24) is 9.80 Å². The Balaban J connectivity index is 2.08. The molecule has 0 atom stereocenters. The number of rotatable bonds is 8. The van der Waals surface area contributed by atoms with Crippen LogP contribution < -0.4 is 0 Å². The molecule has 0 N–H and O–H groups in total. The fraction of sp³-hybridized carbons (Fsp3) is 0.304. The van der Waals surface area contributed by atoms with Crippen molar-refractivity contribution in [3.8, 4) is 0 Å². The molecule has 1 aliphatic rings. The number of amides is 2. The van der Waals surface area contributed by atoms with Crippen LogP contribution >= 0.6 is 0 Å². The largest absolute Gasteiger partial charge is 0.362 e. The lowest BCUT2D eigenvalue weighted by Gasteiger charge is -2.25. The number of nitrogens with zero attached hydrogens (tertiary/aromatic N) is 3. The smallest absolute Gasteiger partial charge is 0.277 e. The third kappa shape index (κ3) is 4.25. The second kappa shape index (κ2) is 8.90. The molecule has 0 fully saturated rings. The van der Waals surface area contributed by atoms with Crippen molar-refractivity contribution in [3.05, 3.63) is 81.5 Å². The number of carbonyl (C=O) groups excluding carboxylic acids is 2. The second-order valence-corrected chi connectivity index (χ2v) is 7.64. The van der Waals surface area contributed by atoms with Crippen LogP contribution in [0.25, 0.3) is 5.57 Å². The molecular formula is C23H25N3O4. The maximum absolute atomic E-state index is 13.3. The number of benzene rings is 2. The summed E-state index contributed by atoms with van der Waals surface area (Å²) >= 11 is 0. The van der Waals surface area contributed by atoms with Gasteiger partial charge in [-0.1, -0.05) is 44.2 Å². The molecule has 7 nitrogen and oxygen atoms in total. The normalized spacial score (nSPS) is 14.1. The number of carbonyl (C=O) groups is 2. The first-order valence-electron chi connectivity index (χ1n) is 9.97. The average molecular weight is 407 g/mol. The van der Waals surface area contributed by atoms with E-state index in [1.54, 1.807) is 0 Å². The minimum absolute atomic E-state index is 0.0617. The van der Waals surface area contributed by atoms with Crippen LogP contribution in [0.2, 0.25) is 0 Å². The molecule has 0 aliphatic carbocycles. The highest BCUT2D eigenvalue weighted by Crippen LogP contribution is 2.33. The number of nitro benzene ring substituents is 1. The Hall–Kier alpha value is -3.48. The van der Waals surface area contributed by atoms with E-state index in [1.165, 1.54) is 29.2 Å². The summed E-state index contributed by atoms with van der Waals surface area (Å²) in [7, 11) is 0. The molecule has 1 heterocycles. The van der Waals surface area contributed by atoms with Crippen LogP contribution in [-0.4, -0.2) is 39.6 Å². The molecule has 2 amide bonds. The Bertz CT molecular complexity index is 981. The Morgan fingerprint density at radius 3 is 2.17 bits per heavy atom. The van der Waals surface area contributed by atoms with Gasteiger partial charge in [-0.05, 0) is 36.1 Å². The monoisotopic (exact) mass is 407 g/mol. The Morgan fingerprint density at radius 1 is 1.00 bits per heavy atom. The summed E-state index contributed by atoms with van der Waals surface area (Å²) in [5.41, 5.74) is 2.12. The van der Waals surface area contributed by atoms with E-state index in [-0.39, 0.29) is 23.4 Å².